The van der Waals surface area contributed by atoms with Crippen molar-refractivity contribution >= 4 is 34.5 Å². The summed E-state index contributed by atoms with van der Waals surface area (Å²) in [6, 6.07) is 16.9. The smallest absolute Gasteiger partial charge is 0.337 e. The second-order valence-electron chi connectivity index (χ2n) is 7.76. The van der Waals surface area contributed by atoms with Gasteiger partial charge in [0.1, 0.15) is 0 Å². The highest BCUT2D eigenvalue weighted by molar-refractivity contribution is 6.37. The van der Waals surface area contributed by atoms with Gasteiger partial charge in [-0.1, -0.05) is 18.2 Å². The van der Waals surface area contributed by atoms with Crippen LogP contribution in [0, 0.1) is 0 Å². The molecular formula is C25H24N4O3. The quantitative estimate of drug-likeness (QED) is 0.458. The predicted octanol–water partition coefficient (Wildman–Crippen LogP) is 3.86. The number of ether oxygens (including phenoxy) is 1. The number of aromatic nitrogens is 1. The number of amides is 1. The van der Waals surface area contributed by atoms with Crippen LogP contribution in [0.4, 0.5) is 11.4 Å². The molecule has 1 aromatic heterocycles. The highest BCUT2D eigenvalue weighted by atomic mass is 16.5. The third-order valence-corrected chi connectivity index (χ3v) is 5.11. The van der Waals surface area contributed by atoms with Gasteiger partial charge in [-0.25, -0.2) is 4.79 Å². The zero-order valence-corrected chi connectivity index (χ0v) is 18.2. The molecule has 0 aliphatic carbocycles. The summed E-state index contributed by atoms with van der Waals surface area (Å²) in [5.41, 5.74) is 5.60. The van der Waals surface area contributed by atoms with E-state index in [1.165, 1.54) is 12.7 Å². The average molecular weight is 428 g/mol. The van der Waals surface area contributed by atoms with Crippen molar-refractivity contribution in [2.45, 2.75) is 6.54 Å². The number of hydrogen-bond acceptors (Lipinski definition) is 6. The van der Waals surface area contributed by atoms with E-state index < -0.39 is 5.97 Å². The van der Waals surface area contributed by atoms with Crippen LogP contribution in [-0.2, 0) is 16.1 Å². The number of methoxy groups -OCH3 is 1. The first-order valence-corrected chi connectivity index (χ1v) is 10.2. The number of anilines is 2. The Hall–Kier alpha value is -3.97. The molecule has 0 bridgehead atoms. The van der Waals surface area contributed by atoms with E-state index >= 15 is 0 Å². The number of nitrogens with zero attached hydrogens (tertiary/aromatic N) is 2. The monoisotopic (exact) mass is 428 g/mol. The normalized spacial score (nSPS) is 14.1. The molecule has 7 heteroatoms. The number of nitrogens with one attached hydrogen (secondary N) is 2. The van der Waals surface area contributed by atoms with Gasteiger partial charge in [-0.05, 0) is 56.1 Å². The van der Waals surface area contributed by atoms with E-state index in [1.54, 1.807) is 30.6 Å². The van der Waals surface area contributed by atoms with Crippen molar-refractivity contribution < 1.29 is 14.3 Å². The Balaban J connectivity index is 1.78. The van der Waals surface area contributed by atoms with Crippen molar-refractivity contribution in [3.05, 3.63) is 89.2 Å². The van der Waals surface area contributed by atoms with E-state index in [-0.39, 0.29) is 5.91 Å². The van der Waals surface area contributed by atoms with Crippen LogP contribution in [0.5, 0.6) is 0 Å². The number of carbonyl (C=O) groups excluding carboxylic acids is 2. The van der Waals surface area contributed by atoms with E-state index in [4.69, 9.17) is 4.74 Å². The molecule has 0 saturated heterocycles. The molecule has 0 spiro atoms. The number of rotatable bonds is 6. The summed E-state index contributed by atoms with van der Waals surface area (Å²) in [6.07, 6.45) is 3.40. The Morgan fingerprint density at radius 1 is 1.09 bits per heavy atom. The highest BCUT2D eigenvalue weighted by Crippen LogP contribution is 2.38. The van der Waals surface area contributed by atoms with Crippen LogP contribution in [0.1, 0.15) is 27.0 Å². The zero-order valence-electron chi connectivity index (χ0n) is 18.2. The summed E-state index contributed by atoms with van der Waals surface area (Å²) in [5.74, 6) is -0.708. The molecule has 2 heterocycles. The fourth-order valence-electron chi connectivity index (χ4n) is 3.66. The van der Waals surface area contributed by atoms with Crippen molar-refractivity contribution in [3.8, 4) is 0 Å². The second kappa shape index (κ2) is 9.03. The van der Waals surface area contributed by atoms with Crippen LogP contribution < -0.4 is 10.6 Å². The Bertz CT molecular complexity index is 1190. The zero-order chi connectivity index (χ0) is 22.7. The van der Waals surface area contributed by atoms with Crippen LogP contribution in [0.3, 0.4) is 0 Å². The van der Waals surface area contributed by atoms with Gasteiger partial charge in [0.25, 0.3) is 5.91 Å². The maximum Gasteiger partial charge on any atom is 0.337 e. The molecule has 7 nitrogen and oxygen atoms in total. The molecule has 32 heavy (non-hydrogen) atoms. The number of hydrogen-bond donors (Lipinski definition) is 2. The van der Waals surface area contributed by atoms with Crippen LogP contribution >= 0.6 is 0 Å². The van der Waals surface area contributed by atoms with Gasteiger partial charge in [0.05, 0.1) is 29.6 Å². The van der Waals surface area contributed by atoms with E-state index in [2.05, 4.69) is 32.7 Å². The molecule has 0 atom stereocenters. The average Bonchev–Trinajstić information content (AvgIpc) is 3.13. The Kier molecular flexibility index (Phi) is 6.00. The van der Waals surface area contributed by atoms with Crippen molar-refractivity contribution in [3.63, 3.8) is 0 Å². The maximum absolute atomic E-state index is 13.0. The first-order valence-electron chi connectivity index (χ1n) is 10.2. The summed E-state index contributed by atoms with van der Waals surface area (Å²) in [7, 11) is 5.38. The first kappa shape index (κ1) is 21.3. The van der Waals surface area contributed by atoms with Gasteiger partial charge in [0, 0.05) is 35.8 Å². The molecule has 1 aliphatic rings. The van der Waals surface area contributed by atoms with Crippen molar-refractivity contribution in [1.29, 1.82) is 0 Å². The van der Waals surface area contributed by atoms with E-state index in [0.717, 1.165) is 17.8 Å². The molecular weight excluding hydrogens is 404 g/mol. The molecule has 3 aromatic rings. The van der Waals surface area contributed by atoms with Gasteiger partial charge in [-0.15, -0.1) is 0 Å². The maximum atomic E-state index is 13.0. The summed E-state index contributed by atoms with van der Waals surface area (Å²) in [4.78, 5) is 31.2. The molecule has 162 valence electrons. The van der Waals surface area contributed by atoms with Crippen LogP contribution in [0.25, 0.3) is 11.3 Å². The van der Waals surface area contributed by atoms with Crippen LogP contribution in [-0.4, -0.2) is 43.0 Å². The lowest BCUT2D eigenvalue weighted by Gasteiger charge is -2.15. The Labute approximate surface area is 186 Å². The lowest BCUT2D eigenvalue weighted by Crippen LogP contribution is -2.11. The minimum Gasteiger partial charge on any atom is -0.465 e. The number of benzene rings is 2. The lowest BCUT2D eigenvalue weighted by atomic mass is 9.99. The van der Waals surface area contributed by atoms with Crippen molar-refractivity contribution in [1.82, 2.24) is 9.88 Å². The number of fused-ring (bicyclic) bond motifs is 1. The number of esters is 1. The first-order chi connectivity index (χ1) is 15.5. The third kappa shape index (κ3) is 4.38. The largest absolute Gasteiger partial charge is 0.465 e. The van der Waals surface area contributed by atoms with Crippen LogP contribution in [0.2, 0.25) is 0 Å². The molecule has 1 amide bonds. The number of pyridine rings is 1. The number of carbonyl (C=O) groups is 2. The van der Waals surface area contributed by atoms with Gasteiger partial charge in [-0.3, -0.25) is 9.78 Å². The minimum absolute atomic E-state index is 0.252. The van der Waals surface area contributed by atoms with Crippen LogP contribution in [0.15, 0.2) is 67.0 Å². The molecule has 0 saturated carbocycles. The van der Waals surface area contributed by atoms with E-state index in [1.807, 2.05) is 38.4 Å². The summed E-state index contributed by atoms with van der Waals surface area (Å²) < 4.78 is 4.79. The molecule has 0 radical (unpaired) electrons. The van der Waals surface area contributed by atoms with E-state index in [9.17, 15) is 9.59 Å². The summed E-state index contributed by atoms with van der Waals surface area (Å²) in [5, 5.41) is 6.27. The second-order valence-corrected chi connectivity index (χ2v) is 7.76. The molecule has 0 fully saturated rings. The Morgan fingerprint density at radius 3 is 2.53 bits per heavy atom. The van der Waals surface area contributed by atoms with Gasteiger partial charge < -0.3 is 20.3 Å². The Morgan fingerprint density at radius 2 is 1.88 bits per heavy atom. The van der Waals surface area contributed by atoms with Crippen molar-refractivity contribution in [2.24, 2.45) is 0 Å². The fraction of sp³-hybridized carbons (Fsp3) is 0.160. The molecule has 1 aliphatic heterocycles. The third-order valence-electron chi connectivity index (χ3n) is 5.11. The molecule has 0 unspecified atom stereocenters. The van der Waals surface area contributed by atoms with Crippen molar-refractivity contribution in [2.75, 3.05) is 31.8 Å². The lowest BCUT2D eigenvalue weighted by molar-refractivity contribution is -0.110. The van der Waals surface area contributed by atoms with Gasteiger partial charge in [-0.2, -0.15) is 0 Å². The standard InChI is InChI=1S/C25H24N4O3/c1-29(2)15-16-6-9-19(10-7-16)27-23(18-5-4-12-26-14-18)22-20-11-8-17(25(31)32-3)13-21(20)28-24(22)30/h4-14,27H,15H2,1-3H3,(H,28,30). The van der Waals surface area contributed by atoms with E-state index in [0.29, 0.717) is 28.1 Å². The SMILES string of the molecule is COC(=O)c1ccc2c(c1)NC(=O)C2=C(Nc1ccc(CN(C)C)cc1)c1cccnc1. The van der Waals surface area contributed by atoms with Gasteiger partial charge >= 0.3 is 5.97 Å². The van der Waals surface area contributed by atoms with Gasteiger partial charge in [0.15, 0.2) is 0 Å². The topological polar surface area (TPSA) is 83.6 Å². The molecule has 2 N–H and O–H groups in total. The fourth-order valence-corrected chi connectivity index (χ4v) is 3.66. The summed E-state index contributed by atoms with van der Waals surface area (Å²) in [6.45, 7) is 0.842. The minimum atomic E-state index is -0.456. The highest BCUT2D eigenvalue weighted by Gasteiger charge is 2.29. The summed E-state index contributed by atoms with van der Waals surface area (Å²) >= 11 is 0. The molecule has 2 aromatic carbocycles. The molecule has 4 rings (SSSR count). The van der Waals surface area contributed by atoms with Gasteiger partial charge in [0.2, 0.25) is 0 Å². The predicted molar refractivity (Wildman–Crippen MR) is 125 cm³/mol.